The molecule has 2 rings (SSSR count). The van der Waals surface area contributed by atoms with Gasteiger partial charge in [0.25, 0.3) is 0 Å². The average Bonchev–Trinajstić information content (AvgIpc) is 2.56. The smallest absolute Gasteiger partial charge is 0.110 e. The molecule has 0 bridgehead atoms. The minimum Gasteiger partial charge on any atom is -0.385 e. The number of nitrogens with zero attached hydrogens (tertiary/aromatic N) is 2. The van der Waals surface area contributed by atoms with Crippen molar-refractivity contribution in [3.63, 3.8) is 0 Å². The average molecular weight is 260 g/mol. The molecule has 1 aromatic rings. The maximum Gasteiger partial charge on any atom is 0.110 e. The predicted octanol–water partition coefficient (Wildman–Crippen LogP) is 0.665. The van der Waals surface area contributed by atoms with Crippen molar-refractivity contribution in [2.45, 2.75) is 24.9 Å². The van der Waals surface area contributed by atoms with Gasteiger partial charge in [0, 0.05) is 12.6 Å². The third-order valence-electron chi connectivity index (χ3n) is 2.85. The van der Waals surface area contributed by atoms with E-state index in [4.69, 9.17) is 5.73 Å². The molecule has 4 nitrogen and oxygen atoms in total. The van der Waals surface area contributed by atoms with Crippen LogP contribution in [-0.2, 0) is 19.1 Å². The third kappa shape index (κ3) is 1.31. The molecule has 1 atom stereocenters. The first-order valence-electron chi connectivity index (χ1n) is 4.73. The van der Waals surface area contributed by atoms with Crippen LogP contribution in [0, 0.1) is 0 Å². The third-order valence-corrected chi connectivity index (χ3v) is 3.76. The SMILES string of the molecule is Cn1nc2c(c1Br)C(O)(CCN)CC2. The fourth-order valence-corrected chi connectivity index (χ4v) is 2.81. The van der Waals surface area contributed by atoms with E-state index >= 15 is 0 Å². The predicted molar refractivity (Wildman–Crippen MR) is 56.8 cm³/mol. The Hall–Kier alpha value is -0.390. The summed E-state index contributed by atoms with van der Waals surface area (Å²) < 4.78 is 2.63. The topological polar surface area (TPSA) is 64.1 Å². The van der Waals surface area contributed by atoms with Gasteiger partial charge >= 0.3 is 0 Å². The van der Waals surface area contributed by atoms with Crippen molar-refractivity contribution < 1.29 is 5.11 Å². The van der Waals surface area contributed by atoms with E-state index in [1.807, 2.05) is 7.05 Å². The first-order valence-corrected chi connectivity index (χ1v) is 5.52. The highest BCUT2D eigenvalue weighted by Gasteiger charge is 2.40. The Morgan fingerprint density at radius 2 is 2.43 bits per heavy atom. The first kappa shape index (κ1) is 10.1. The number of halogens is 1. The summed E-state index contributed by atoms with van der Waals surface area (Å²) in [7, 11) is 1.87. The summed E-state index contributed by atoms with van der Waals surface area (Å²) in [5.41, 5.74) is 6.67. The molecule has 0 saturated heterocycles. The van der Waals surface area contributed by atoms with E-state index in [2.05, 4.69) is 21.0 Å². The largest absolute Gasteiger partial charge is 0.385 e. The van der Waals surface area contributed by atoms with Gasteiger partial charge in [0.05, 0.1) is 11.3 Å². The Bertz CT molecular complexity index is 363. The monoisotopic (exact) mass is 259 g/mol. The molecule has 0 aliphatic heterocycles. The Morgan fingerprint density at radius 3 is 3.07 bits per heavy atom. The molecule has 14 heavy (non-hydrogen) atoms. The van der Waals surface area contributed by atoms with Crippen LogP contribution in [-0.4, -0.2) is 21.4 Å². The van der Waals surface area contributed by atoms with Gasteiger partial charge in [0.1, 0.15) is 4.60 Å². The van der Waals surface area contributed by atoms with Crippen molar-refractivity contribution >= 4 is 15.9 Å². The second-order valence-corrected chi connectivity index (χ2v) is 4.56. The molecule has 1 aliphatic rings. The zero-order chi connectivity index (χ0) is 10.3. The van der Waals surface area contributed by atoms with Gasteiger partial charge in [-0.25, -0.2) is 0 Å². The summed E-state index contributed by atoms with van der Waals surface area (Å²) in [6.45, 7) is 0.497. The fourth-order valence-electron chi connectivity index (χ4n) is 2.13. The van der Waals surface area contributed by atoms with E-state index in [0.717, 1.165) is 28.7 Å². The van der Waals surface area contributed by atoms with Crippen LogP contribution in [0.5, 0.6) is 0 Å². The molecule has 0 amide bonds. The van der Waals surface area contributed by atoms with Crippen molar-refractivity contribution in [3.8, 4) is 0 Å². The summed E-state index contributed by atoms with van der Waals surface area (Å²) in [6.07, 6.45) is 2.18. The zero-order valence-corrected chi connectivity index (χ0v) is 9.71. The van der Waals surface area contributed by atoms with Gasteiger partial charge < -0.3 is 10.8 Å². The van der Waals surface area contributed by atoms with E-state index in [1.165, 1.54) is 0 Å². The summed E-state index contributed by atoms with van der Waals surface area (Å²) in [5, 5.41) is 14.7. The quantitative estimate of drug-likeness (QED) is 0.821. The van der Waals surface area contributed by atoms with Crippen molar-refractivity contribution in [2.24, 2.45) is 12.8 Å². The summed E-state index contributed by atoms with van der Waals surface area (Å²) in [4.78, 5) is 0. The molecule has 0 radical (unpaired) electrons. The Labute approximate surface area is 91.2 Å². The molecular weight excluding hydrogens is 246 g/mol. The second kappa shape index (κ2) is 3.32. The second-order valence-electron chi connectivity index (χ2n) is 3.81. The molecule has 0 spiro atoms. The van der Waals surface area contributed by atoms with Gasteiger partial charge in [-0.1, -0.05) is 0 Å². The Balaban J connectivity index is 2.46. The van der Waals surface area contributed by atoms with E-state index in [0.29, 0.717) is 13.0 Å². The lowest BCUT2D eigenvalue weighted by Crippen LogP contribution is -2.26. The van der Waals surface area contributed by atoms with Crippen LogP contribution in [0.25, 0.3) is 0 Å². The molecule has 0 fully saturated rings. The molecule has 0 aromatic carbocycles. The summed E-state index contributed by atoms with van der Waals surface area (Å²) in [6, 6.07) is 0. The maximum atomic E-state index is 10.4. The fraction of sp³-hybridized carbons (Fsp3) is 0.667. The van der Waals surface area contributed by atoms with E-state index in [-0.39, 0.29) is 0 Å². The van der Waals surface area contributed by atoms with Crippen LogP contribution in [0.4, 0.5) is 0 Å². The highest BCUT2D eigenvalue weighted by Crippen LogP contribution is 2.42. The van der Waals surface area contributed by atoms with Crippen molar-refractivity contribution in [3.05, 3.63) is 15.9 Å². The first-order chi connectivity index (χ1) is 6.58. The van der Waals surface area contributed by atoms with E-state index in [1.54, 1.807) is 4.68 Å². The van der Waals surface area contributed by atoms with Crippen LogP contribution in [0.3, 0.4) is 0 Å². The number of aromatic nitrogens is 2. The molecule has 1 unspecified atom stereocenters. The lowest BCUT2D eigenvalue weighted by Gasteiger charge is -2.22. The minimum atomic E-state index is -0.767. The number of aryl methyl sites for hydroxylation is 2. The molecular formula is C9H14BrN3O. The number of aliphatic hydroxyl groups is 1. The highest BCUT2D eigenvalue weighted by molar-refractivity contribution is 9.10. The van der Waals surface area contributed by atoms with Gasteiger partial charge in [-0.2, -0.15) is 5.10 Å². The van der Waals surface area contributed by atoms with E-state index < -0.39 is 5.60 Å². The highest BCUT2D eigenvalue weighted by atomic mass is 79.9. The maximum absolute atomic E-state index is 10.4. The Kier molecular flexibility index (Phi) is 2.41. The standard InChI is InChI=1S/C9H14BrN3O/c1-13-8(10)7-6(12-13)2-3-9(7,14)4-5-11/h14H,2-5,11H2,1H3. The molecule has 5 heteroatoms. The van der Waals surface area contributed by atoms with Crippen LogP contribution in [0.1, 0.15) is 24.1 Å². The Morgan fingerprint density at radius 1 is 1.71 bits per heavy atom. The normalized spacial score (nSPS) is 25.4. The molecule has 78 valence electrons. The van der Waals surface area contributed by atoms with Crippen LogP contribution in [0.15, 0.2) is 4.60 Å². The summed E-state index contributed by atoms with van der Waals surface area (Å²) >= 11 is 3.45. The number of hydrogen-bond donors (Lipinski definition) is 2. The molecule has 1 aromatic heterocycles. The lowest BCUT2D eigenvalue weighted by molar-refractivity contribution is 0.0309. The minimum absolute atomic E-state index is 0.497. The van der Waals surface area contributed by atoms with Gasteiger partial charge in [0.2, 0.25) is 0 Å². The van der Waals surface area contributed by atoms with Crippen molar-refractivity contribution in [2.75, 3.05) is 6.54 Å². The number of rotatable bonds is 2. The van der Waals surface area contributed by atoms with Gasteiger partial charge in [-0.05, 0) is 41.7 Å². The van der Waals surface area contributed by atoms with Crippen LogP contribution in [0.2, 0.25) is 0 Å². The van der Waals surface area contributed by atoms with Gasteiger partial charge in [-0.15, -0.1) is 0 Å². The molecule has 1 aliphatic carbocycles. The molecule has 3 N–H and O–H groups in total. The van der Waals surface area contributed by atoms with E-state index in [9.17, 15) is 5.11 Å². The molecule has 0 saturated carbocycles. The molecule has 1 heterocycles. The number of hydrogen-bond acceptors (Lipinski definition) is 3. The zero-order valence-electron chi connectivity index (χ0n) is 8.13. The lowest BCUT2D eigenvalue weighted by atomic mass is 9.94. The summed E-state index contributed by atoms with van der Waals surface area (Å²) in [5.74, 6) is 0. The van der Waals surface area contributed by atoms with Gasteiger partial charge in [-0.3, -0.25) is 4.68 Å². The van der Waals surface area contributed by atoms with Gasteiger partial charge in [0.15, 0.2) is 0 Å². The van der Waals surface area contributed by atoms with Crippen LogP contribution < -0.4 is 5.73 Å². The van der Waals surface area contributed by atoms with Crippen LogP contribution >= 0.6 is 15.9 Å². The van der Waals surface area contributed by atoms with Crippen molar-refractivity contribution in [1.29, 1.82) is 0 Å². The van der Waals surface area contributed by atoms with Crippen molar-refractivity contribution in [1.82, 2.24) is 9.78 Å². The number of nitrogens with two attached hydrogens (primary N) is 1. The number of fused-ring (bicyclic) bond motifs is 1.